The summed E-state index contributed by atoms with van der Waals surface area (Å²) in [6, 6.07) is 0. The van der Waals surface area contributed by atoms with E-state index in [-0.39, 0.29) is 6.10 Å². The highest BCUT2D eigenvalue weighted by atomic mass is 16.5. The van der Waals surface area contributed by atoms with Crippen molar-refractivity contribution in [2.24, 2.45) is 11.5 Å². The van der Waals surface area contributed by atoms with E-state index in [0.717, 1.165) is 19.4 Å². The molecule has 1 amide bonds. The fraction of sp³-hybridized carbons (Fsp3) is 0.909. The normalized spacial score (nSPS) is 29.5. The van der Waals surface area contributed by atoms with Crippen molar-refractivity contribution in [3.63, 3.8) is 0 Å². The molecule has 0 heterocycles. The van der Waals surface area contributed by atoms with Gasteiger partial charge in [0.25, 0.3) is 0 Å². The molecule has 1 saturated carbocycles. The summed E-state index contributed by atoms with van der Waals surface area (Å²) in [5.74, 6) is -0.430. The highest BCUT2D eigenvalue weighted by molar-refractivity contribution is 5.84. The number of carbonyl (C=O) groups is 1. The van der Waals surface area contributed by atoms with Gasteiger partial charge < -0.3 is 20.9 Å². The van der Waals surface area contributed by atoms with E-state index in [1.54, 1.807) is 0 Å². The Hall–Kier alpha value is -0.650. The largest absolute Gasteiger partial charge is 0.379 e. The lowest BCUT2D eigenvalue weighted by molar-refractivity contribution is -0.123. The highest BCUT2D eigenvalue weighted by Gasteiger charge is 2.40. The average molecular weight is 230 g/mol. The van der Waals surface area contributed by atoms with Crippen molar-refractivity contribution in [3.05, 3.63) is 0 Å². The third kappa shape index (κ3) is 3.73. The van der Waals surface area contributed by atoms with Crippen molar-refractivity contribution in [2.45, 2.75) is 44.2 Å². The average Bonchev–Trinajstić information content (AvgIpc) is 2.62. The van der Waals surface area contributed by atoms with Crippen molar-refractivity contribution in [3.8, 4) is 0 Å². The van der Waals surface area contributed by atoms with E-state index in [9.17, 15) is 4.79 Å². The fourth-order valence-corrected chi connectivity index (χ4v) is 1.92. The minimum Gasteiger partial charge on any atom is -0.379 e. The highest BCUT2D eigenvalue weighted by Crippen LogP contribution is 2.29. The molecule has 1 rings (SSSR count). The SMILES string of the molecule is CCCOCCOC1CCC(N)(C(N)=O)C1. The maximum Gasteiger partial charge on any atom is 0.237 e. The van der Waals surface area contributed by atoms with Gasteiger partial charge in [-0.2, -0.15) is 0 Å². The van der Waals surface area contributed by atoms with Crippen LogP contribution in [0.1, 0.15) is 32.6 Å². The van der Waals surface area contributed by atoms with Crippen molar-refractivity contribution in [2.75, 3.05) is 19.8 Å². The van der Waals surface area contributed by atoms with Gasteiger partial charge in [0.05, 0.1) is 24.9 Å². The minimum absolute atomic E-state index is 0.0442. The second-order valence-corrected chi connectivity index (χ2v) is 4.37. The maximum atomic E-state index is 11.1. The third-order valence-corrected chi connectivity index (χ3v) is 2.92. The molecular weight excluding hydrogens is 208 g/mol. The maximum absolute atomic E-state index is 11.1. The molecule has 2 unspecified atom stereocenters. The first kappa shape index (κ1) is 13.4. The lowest BCUT2D eigenvalue weighted by atomic mass is 9.99. The molecule has 94 valence electrons. The molecule has 4 N–H and O–H groups in total. The van der Waals surface area contributed by atoms with Gasteiger partial charge in [0, 0.05) is 13.0 Å². The summed E-state index contributed by atoms with van der Waals surface area (Å²) in [5.41, 5.74) is 10.2. The van der Waals surface area contributed by atoms with Crippen LogP contribution in [-0.2, 0) is 14.3 Å². The van der Waals surface area contributed by atoms with E-state index in [0.29, 0.717) is 26.1 Å². The van der Waals surface area contributed by atoms with Crippen molar-refractivity contribution >= 4 is 5.91 Å². The number of primary amides is 1. The molecule has 0 aromatic rings. The van der Waals surface area contributed by atoms with E-state index < -0.39 is 11.4 Å². The van der Waals surface area contributed by atoms with E-state index in [1.165, 1.54) is 0 Å². The van der Waals surface area contributed by atoms with Crippen LogP contribution in [0.4, 0.5) is 0 Å². The molecule has 0 bridgehead atoms. The molecule has 5 nitrogen and oxygen atoms in total. The summed E-state index contributed by atoms with van der Waals surface area (Å²) in [6.45, 7) is 3.97. The molecule has 0 aromatic carbocycles. The number of amides is 1. The van der Waals surface area contributed by atoms with Gasteiger partial charge >= 0.3 is 0 Å². The van der Waals surface area contributed by atoms with Crippen LogP contribution in [-0.4, -0.2) is 37.4 Å². The predicted octanol–water partition coefficient (Wildman–Crippen LogP) is 0.165. The lowest BCUT2D eigenvalue weighted by Gasteiger charge is -2.19. The van der Waals surface area contributed by atoms with Gasteiger partial charge in [-0.25, -0.2) is 0 Å². The van der Waals surface area contributed by atoms with Crippen LogP contribution in [0, 0.1) is 0 Å². The van der Waals surface area contributed by atoms with Crippen molar-refractivity contribution in [1.82, 2.24) is 0 Å². The summed E-state index contributed by atoms with van der Waals surface area (Å²) in [7, 11) is 0. The lowest BCUT2D eigenvalue weighted by Crippen LogP contribution is -2.50. The first-order valence-electron chi connectivity index (χ1n) is 5.86. The molecule has 0 spiro atoms. The number of nitrogens with two attached hydrogens (primary N) is 2. The minimum atomic E-state index is -0.866. The first-order valence-corrected chi connectivity index (χ1v) is 5.86. The Morgan fingerprint density at radius 3 is 2.75 bits per heavy atom. The molecule has 0 aliphatic heterocycles. The fourth-order valence-electron chi connectivity index (χ4n) is 1.92. The van der Waals surface area contributed by atoms with Gasteiger partial charge in [-0.05, 0) is 19.3 Å². The van der Waals surface area contributed by atoms with Crippen LogP contribution in [0.25, 0.3) is 0 Å². The summed E-state index contributed by atoms with van der Waals surface area (Å²) in [6.07, 6.45) is 2.99. The molecule has 1 aliphatic rings. The molecule has 16 heavy (non-hydrogen) atoms. The Bertz CT molecular complexity index is 235. The van der Waals surface area contributed by atoms with Gasteiger partial charge in [-0.3, -0.25) is 4.79 Å². The third-order valence-electron chi connectivity index (χ3n) is 2.92. The van der Waals surface area contributed by atoms with Gasteiger partial charge in [0.15, 0.2) is 0 Å². The van der Waals surface area contributed by atoms with E-state index in [2.05, 4.69) is 6.92 Å². The Morgan fingerprint density at radius 1 is 1.44 bits per heavy atom. The van der Waals surface area contributed by atoms with Crippen LogP contribution in [0.2, 0.25) is 0 Å². The molecule has 0 radical (unpaired) electrons. The number of hydrogen-bond donors (Lipinski definition) is 2. The zero-order valence-electron chi connectivity index (χ0n) is 9.91. The second kappa shape index (κ2) is 6.18. The van der Waals surface area contributed by atoms with E-state index in [1.807, 2.05) is 0 Å². The number of rotatable bonds is 7. The number of carbonyl (C=O) groups excluding carboxylic acids is 1. The molecule has 1 aliphatic carbocycles. The van der Waals surface area contributed by atoms with Gasteiger partial charge in [-0.1, -0.05) is 6.92 Å². The summed E-state index contributed by atoms with van der Waals surface area (Å²) >= 11 is 0. The van der Waals surface area contributed by atoms with Gasteiger partial charge in [0.2, 0.25) is 5.91 Å². The van der Waals surface area contributed by atoms with Gasteiger partial charge in [-0.15, -0.1) is 0 Å². The Morgan fingerprint density at radius 2 is 2.19 bits per heavy atom. The molecule has 1 fully saturated rings. The molecule has 2 atom stereocenters. The van der Waals surface area contributed by atoms with Gasteiger partial charge in [0.1, 0.15) is 0 Å². The summed E-state index contributed by atoms with van der Waals surface area (Å²) in [5, 5.41) is 0. The van der Waals surface area contributed by atoms with Crippen LogP contribution >= 0.6 is 0 Å². The van der Waals surface area contributed by atoms with Crippen LogP contribution in [0.15, 0.2) is 0 Å². The zero-order chi connectivity index (χ0) is 12.0. The predicted molar refractivity (Wildman–Crippen MR) is 60.8 cm³/mol. The molecule has 0 saturated heterocycles. The zero-order valence-corrected chi connectivity index (χ0v) is 9.91. The second-order valence-electron chi connectivity index (χ2n) is 4.37. The Labute approximate surface area is 96.5 Å². The standard InChI is InChI=1S/C11H22N2O3/c1-2-5-15-6-7-16-9-3-4-11(13,8-9)10(12)14/h9H,2-8,13H2,1H3,(H2,12,14). The molecule has 0 aromatic heterocycles. The van der Waals surface area contributed by atoms with E-state index in [4.69, 9.17) is 20.9 Å². The van der Waals surface area contributed by atoms with E-state index >= 15 is 0 Å². The smallest absolute Gasteiger partial charge is 0.237 e. The van der Waals surface area contributed by atoms with Crippen molar-refractivity contribution < 1.29 is 14.3 Å². The number of ether oxygens (including phenoxy) is 2. The first-order chi connectivity index (χ1) is 7.58. The number of hydrogen-bond acceptors (Lipinski definition) is 4. The van der Waals surface area contributed by atoms with Crippen LogP contribution in [0.3, 0.4) is 0 Å². The topological polar surface area (TPSA) is 87.6 Å². The Balaban J connectivity index is 2.14. The monoisotopic (exact) mass is 230 g/mol. The van der Waals surface area contributed by atoms with Crippen LogP contribution in [0.5, 0.6) is 0 Å². The molecular formula is C11H22N2O3. The summed E-state index contributed by atoms with van der Waals surface area (Å²) < 4.78 is 10.9. The van der Waals surface area contributed by atoms with Crippen LogP contribution < -0.4 is 11.5 Å². The Kier molecular flexibility index (Phi) is 5.18. The van der Waals surface area contributed by atoms with Crippen molar-refractivity contribution in [1.29, 1.82) is 0 Å². The summed E-state index contributed by atoms with van der Waals surface area (Å²) in [4.78, 5) is 11.1. The molecule has 5 heteroatoms. The quantitative estimate of drug-likeness (QED) is 0.610.